The van der Waals surface area contributed by atoms with Crippen LogP contribution in [0.2, 0.25) is 0 Å². The van der Waals surface area contributed by atoms with Crippen LogP contribution in [0, 0.1) is 0 Å². The molecule has 0 aliphatic heterocycles. The van der Waals surface area contributed by atoms with E-state index in [1.807, 2.05) is 5.32 Å². The maximum absolute atomic E-state index is 12.5. The van der Waals surface area contributed by atoms with E-state index < -0.39 is 48.5 Å². The molecule has 0 aromatic heterocycles. The molecule has 0 atom stereocenters. The Kier molecular flexibility index (Phi) is 4.92. The number of anilines is 1. The number of hydrogen-bond donors (Lipinski definition) is 1. The topological polar surface area (TPSA) is 61.4 Å². The maximum atomic E-state index is 12.5. The molecule has 0 unspecified atom stereocenters. The van der Waals surface area contributed by atoms with Crippen LogP contribution in [0.3, 0.4) is 0 Å². The third-order valence-electron chi connectivity index (χ3n) is 2.12. The highest BCUT2D eigenvalue weighted by atomic mass is 19.4. The molecule has 0 aliphatic rings. The van der Waals surface area contributed by atoms with E-state index in [1.54, 1.807) is 0 Å². The molecule has 1 aromatic carbocycles. The minimum Gasteiger partial charge on any atom is -0.548 e. The van der Waals surface area contributed by atoms with Gasteiger partial charge < -0.3 is 20.0 Å². The van der Waals surface area contributed by atoms with Crippen LogP contribution in [0.1, 0.15) is 5.56 Å². The summed E-state index contributed by atoms with van der Waals surface area (Å²) >= 11 is 0. The quantitative estimate of drug-likeness (QED) is 0.842. The Balaban J connectivity index is 3.02. The van der Waals surface area contributed by atoms with E-state index in [4.69, 9.17) is 0 Å². The number of ether oxygens (including phenoxy) is 1. The molecule has 0 saturated heterocycles. The molecule has 4 nitrogen and oxygen atoms in total. The van der Waals surface area contributed by atoms with Crippen LogP contribution in [-0.2, 0) is 11.0 Å². The number of carbonyl (C=O) groups is 1. The molecule has 0 heterocycles. The van der Waals surface area contributed by atoms with Gasteiger partial charge in [-0.05, 0) is 18.2 Å². The van der Waals surface area contributed by atoms with E-state index in [0.29, 0.717) is 18.2 Å². The van der Waals surface area contributed by atoms with E-state index in [-0.39, 0.29) is 0 Å². The molecule has 0 amide bonds. The van der Waals surface area contributed by atoms with Gasteiger partial charge in [0.15, 0.2) is 6.61 Å². The summed E-state index contributed by atoms with van der Waals surface area (Å²) in [7, 11) is 0. The number of hydrogen-bond acceptors (Lipinski definition) is 4. The predicted octanol–water partition coefficient (Wildman–Crippen LogP) is 1.81. The van der Waals surface area contributed by atoms with Crippen LogP contribution in [0.25, 0.3) is 0 Å². The van der Waals surface area contributed by atoms with Gasteiger partial charge in [0.1, 0.15) is 5.75 Å². The minimum atomic E-state index is -4.74. The van der Waals surface area contributed by atoms with E-state index in [2.05, 4.69) is 4.74 Å². The second-order valence-electron chi connectivity index (χ2n) is 3.84. The lowest BCUT2D eigenvalue weighted by molar-refractivity contribution is -0.302. The van der Waals surface area contributed by atoms with Crippen LogP contribution in [0.5, 0.6) is 5.75 Å². The van der Waals surface area contributed by atoms with Crippen molar-refractivity contribution in [1.29, 1.82) is 0 Å². The number of benzene rings is 1. The Morgan fingerprint density at radius 3 is 2.29 bits per heavy atom. The average molecular weight is 316 g/mol. The smallest absolute Gasteiger partial charge is 0.422 e. The van der Waals surface area contributed by atoms with Gasteiger partial charge in [-0.25, -0.2) is 0 Å². The summed E-state index contributed by atoms with van der Waals surface area (Å²) in [6.45, 7) is -2.61. The molecule has 118 valence electrons. The molecule has 0 spiro atoms. The number of rotatable bonds is 5. The molecule has 0 fully saturated rings. The van der Waals surface area contributed by atoms with Crippen molar-refractivity contribution in [3.63, 3.8) is 0 Å². The van der Waals surface area contributed by atoms with Crippen molar-refractivity contribution in [3.05, 3.63) is 23.8 Å². The fourth-order valence-corrected chi connectivity index (χ4v) is 1.30. The van der Waals surface area contributed by atoms with Gasteiger partial charge >= 0.3 is 12.4 Å². The average Bonchev–Trinajstić information content (AvgIpc) is 2.32. The number of carboxylic acids is 1. The number of carbonyl (C=O) groups excluding carboxylic acids is 1. The maximum Gasteiger partial charge on any atom is 0.422 e. The zero-order valence-electron chi connectivity index (χ0n) is 10.1. The predicted molar refractivity (Wildman–Crippen MR) is 56.5 cm³/mol. The largest absolute Gasteiger partial charge is 0.548 e. The van der Waals surface area contributed by atoms with Crippen LogP contribution in [-0.4, -0.2) is 25.3 Å². The van der Waals surface area contributed by atoms with Crippen LogP contribution < -0.4 is 15.2 Å². The molecule has 1 N–H and O–H groups in total. The molecule has 0 aliphatic carbocycles. The Bertz CT molecular complexity index is 512. The van der Waals surface area contributed by atoms with E-state index in [0.717, 1.165) is 0 Å². The SMILES string of the molecule is O=C([O-])CNc1cc(C(F)(F)F)ccc1OCC(F)(F)F. The highest BCUT2D eigenvalue weighted by molar-refractivity contribution is 5.72. The molecule has 21 heavy (non-hydrogen) atoms. The van der Waals surface area contributed by atoms with Gasteiger partial charge in [-0.2, -0.15) is 26.3 Å². The lowest BCUT2D eigenvalue weighted by atomic mass is 10.1. The van der Waals surface area contributed by atoms with Gasteiger partial charge in [0.05, 0.1) is 23.8 Å². The normalized spacial score (nSPS) is 12.1. The minimum absolute atomic E-state index is 0.453. The van der Waals surface area contributed by atoms with Crippen molar-refractivity contribution in [1.82, 2.24) is 0 Å². The number of carboxylic acid groups (broad SMARTS) is 1. The third-order valence-corrected chi connectivity index (χ3v) is 2.12. The standard InChI is InChI=1S/C11H9F6NO3/c12-10(13,14)5-21-8-2-1-6(11(15,16)17)3-7(8)18-4-9(19)20/h1-3,18H,4-5H2,(H,19,20)/p-1. The molecule has 0 radical (unpaired) electrons. The van der Waals surface area contributed by atoms with Gasteiger partial charge in [0.25, 0.3) is 0 Å². The number of halogens is 6. The van der Waals surface area contributed by atoms with Crippen molar-refractivity contribution < 1.29 is 41.0 Å². The van der Waals surface area contributed by atoms with Crippen LogP contribution in [0.15, 0.2) is 18.2 Å². The first kappa shape index (κ1) is 16.9. The summed E-state index contributed by atoms with van der Waals surface area (Å²) in [4.78, 5) is 10.3. The first-order valence-corrected chi connectivity index (χ1v) is 5.33. The number of aliphatic carboxylic acids is 1. The molecular formula is C11H8F6NO3-. The summed E-state index contributed by atoms with van der Waals surface area (Å²) in [5, 5.41) is 12.3. The van der Waals surface area contributed by atoms with Gasteiger partial charge in [0, 0.05) is 0 Å². The molecule has 0 saturated carbocycles. The zero-order chi connectivity index (χ0) is 16.3. The van der Waals surface area contributed by atoms with Gasteiger partial charge in [-0.3, -0.25) is 0 Å². The van der Waals surface area contributed by atoms with Gasteiger partial charge in [-0.1, -0.05) is 0 Å². The second-order valence-corrected chi connectivity index (χ2v) is 3.84. The van der Waals surface area contributed by atoms with Gasteiger partial charge in [-0.15, -0.1) is 0 Å². The van der Waals surface area contributed by atoms with Crippen molar-refractivity contribution >= 4 is 11.7 Å². The molecule has 1 aromatic rings. The summed E-state index contributed by atoms with van der Waals surface area (Å²) in [6, 6.07) is 1.65. The zero-order valence-corrected chi connectivity index (χ0v) is 10.1. The van der Waals surface area contributed by atoms with Crippen molar-refractivity contribution in [2.24, 2.45) is 0 Å². The molecule has 0 bridgehead atoms. The molecular weight excluding hydrogens is 308 g/mol. The van der Waals surface area contributed by atoms with E-state index in [9.17, 15) is 36.2 Å². The fourth-order valence-electron chi connectivity index (χ4n) is 1.30. The fraction of sp³-hybridized carbons (Fsp3) is 0.364. The van der Waals surface area contributed by atoms with Crippen LogP contribution >= 0.6 is 0 Å². The van der Waals surface area contributed by atoms with Crippen molar-refractivity contribution in [3.8, 4) is 5.75 Å². The summed E-state index contributed by atoms with van der Waals surface area (Å²) in [5.74, 6) is -2.20. The Labute approximate surface area is 114 Å². The lowest BCUT2D eigenvalue weighted by Gasteiger charge is -2.17. The summed E-state index contributed by atoms with van der Waals surface area (Å²) < 4.78 is 77.9. The first-order chi connectivity index (χ1) is 9.49. The highest BCUT2D eigenvalue weighted by Crippen LogP contribution is 2.35. The second kappa shape index (κ2) is 6.10. The van der Waals surface area contributed by atoms with Crippen molar-refractivity contribution in [2.45, 2.75) is 12.4 Å². The first-order valence-electron chi connectivity index (χ1n) is 5.33. The Morgan fingerprint density at radius 2 is 1.81 bits per heavy atom. The number of alkyl halides is 6. The Morgan fingerprint density at radius 1 is 1.19 bits per heavy atom. The molecule has 10 heteroatoms. The monoisotopic (exact) mass is 316 g/mol. The van der Waals surface area contributed by atoms with E-state index in [1.165, 1.54) is 0 Å². The number of nitrogens with one attached hydrogen (secondary N) is 1. The third kappa shape index (κ3) is 5.79. The lowest BCUT2D eigenvalue weighted by Crippen LogP contribution is -2.30. The van der Waals surface area contributed by atoms with E-state index >= 15 is 0 Å². The summed E-state index contributed by atoms with van der Waals surface area (Å²) in [6.07, 6.45) is -9.42. The van der Waals surface area contributed by atoms with Gasteiger partial charge in [0.2, 0.25) is 0 Å². The van der Waals surface area contributed by atoms with Crippen molar-refractivity contribution in [2.75, 3.05) is 18.5 Å². The van der Waals surface area contributed by atoms with Crippen LogP contribution in [0.4, 0.5) is 32.0 Å². The Hall–Kier alpha value is -2.13. The highest BCUT2D eigenvalue weighted by Gasteiger charge is 2.32. The molecule has 1 rings (SSSR count). The summed E-state index contributed by atoms with van der Waals surface area (Å²) in [5.41, 5.74) is -1.69.